The maximum Gasteiger partial charge on any atom is 0.136 e. The van der Waals surface area contributed by atoms with Crippen molar-refractivity contribution in [3.05, 3.63) is 11.9 Å². The van der Waals surface area contributed by atoms with Gasteiger partial charge in [-0.3, -0.25) is 0 Å². The third-order valence-corrected chi connectivity index (χ3v) is 4.87. The smallest absolute Gasteiger partial charge is 0.136 e. The fourth-order valence-electron chi connectivity index (χ4n) is 3.28. The molecule has 0 spiro atoms. The van der Waals surface area contributed by atoms with Gasteiger partial charge in [-0.15, -0.1) is 0 Å². The molecule has 1 atom stereocenters. The topological polar surface area (TPSA) is 49.8 Å². The predicted octanol–water partition coefficient (Wildman–Crippen LogP) is 4.17. The zero-order valence-corrected chi connectivity index (χ0v) is 13.6. The Morgan fingerprint density at radius 1 is 1.14 bits per heavy atom. The van der Waals surface area contributed by atoms with E-state index in [2.05, 4.69) is 42.5 Å². The number of anilines is 2. The lowest BCUT2D eigenvalue weighted by molar-refractivity contribution is 0.216. The van der Waals surface area contributed by atoms with Gasteiger partial charge in [0.1, 0.15) is 17.5 Å². The lowest BCUT2D eigenvalue weighted by Gasteiger charge is -2.39. The molecule has 4 heteroatoms. The van der Waals surface area contributed by atoms with Crippen LogP contribution in [-0.2, 0) is 0 Å². The summed E-state index contributed by atoms with van der Waals surface area (Å²) in [5.41, 5.74) is 0.349. The minimum atomic E-state index is 0.349. The lowest BCUT2D eigenvalue weighted by Crippen LogP contribution is -2.39. The van der Waals surface area contributed by atoms with Crippen LogP contribution in [0.5, 0.6) is 0 Å². The molecule has 2 saturated carbocycles. The molecule has 3 rings (SSSR count). The highest BCUT2D eigenvalue weighted by Crippen LogP contribution is 2.40. The molecule has 2 aliphatic carbocycles. The minimum Gasteiger partial charge on any atom is -0.370 e. The van der Waals surface area contributed by atoms with E-state index in [1.807, 2.05) is 0 Å². The van der Waals surface area contributed by atoms with Gasteiger partial charge < -0.3 is 10.6 Å². The summed E-state index contributed by atoms with van der Waals surface area (Å²) in [5.74, 6) is 3.57. The lowest BCUT2D eigenvalue weighted by atomic mass is 9.73. The van der Waals surface area contributed by atoms with E-state index < -0.39 is 0 Å². The molecular formula is C17H28N4. The third-order valence-electron chi connectivity index (χ3n) is 4.87. The first-order chi connectivity index (χ1) is 10.1. The number of nitrogens with one attached hydrogen (secondary N) is 2. The molecule has 0 saturated heterocycles. The van der Waals surface area contributed by atoms with Gasteiger partial charge in [0.05, 0.1) is 0 Å². The predicted molar refractivity (Wildman–Crippen MR) is 87.8 cm³/mol. The van der Waals surface area contributed by atoms with Gasteiger partial charge in [-0.2, -0.15) is 0 Å². The highest BCUT2D eigenvalue weighted by atomic mass is 15.1. The Labute approximate surface area is 128 Å². The average Bonchev–Trinajstić information content (AvgIpc) is 3.26. The van der Waals surface area contributed by atoms with E-state index in [4.69, 9.17) is 4.98 Å². The van der Waals surface area contributed by atoms with Crippen LogP contribution in [0.15, 0.2) is 6.07 Å². The van der Waals surface area contributed by atoms with Crippen LogP contribution < -0.4 is 10.6 Å². The van der Waals surface area contributed by atoms with Crippen molar-refractivity contribution in [1.82, 2.24) is 9.97 Å². The molecule has 4 nitrogen and oxygen atoms in total. The number of rotatable bonds is 5. The van der Waals surface area contributed by atoms with Crippen molar-refractivity contribution in [1.29, 1.82) is 0 Å². The fraction of sp³-hybridized carbons (Fsp3) is 0.765. The van der Waals surface area contributed by atoms with Crippen molar-refractivity contribution in [2.75, 3.05) is 17.2 Å². The Balaban J connectivity index is 1.80. The normalized spacial score (nSPS) is 24.6. The monoisotopic (exact) mass is 288 g/mol. The second kappa shape index (κ2) is 5.82. The van der Waals surface area contributed by atoms with Crippen molar-refractivity contribution < 1.29 is 0 Å². The van der Waals surface area contributed by atoms with E-state index in [0.717, 1.165) is 24.0 Å². The summed E-state index contributed by atoms with van der Waals surface area (Å²) in [6.45, 7) is 7.75. The van der Waals surface area contributed by atoms with Crippen LogP contribution in [-0.4, -0.2) is 22.6 Å². The summed E-state index contributed by atoms with van der Waals surface area (Å²) in [7, 11) is 0. The van der Waals surface area contributed by atoms with Gasteiger partial charge in [0, 0.05) is 24.6 Å². The number of hydrogen-bond acceptors (Lipinski definition) is 4. The minimum absolute atomic E-state index is 0.349. The molecule has 2 aliphatic rings. The van der Waals surface area contributed by atoms with Crippen molar-refractivity contribution >= 4 is 11.6 Å². The summed E-state index contributed by atoms with van der Waals surface area (Å²) in [6, 6.07) is 2.59. The zero-order valence-electron chi connectivity index (χ0n) is 13.6. The van der Waals surface area contributed by atoms with E-state index in [-0.39, 0.29) is 0 Å². The van der Waals surface area contributed by atoms with Crippen molar-refractivity contribution in [3.63, 3.8) is 0 Å². The van der Waals surface area contributed by atoms with E-state index in [1.165, 1.54) is 38.5 Å². The highest BCUT2D eigenvalue weighted by Gasteiger charge is 2.33. The zero-order chi connectivity index (χ0) is 14.9. The largest absolute Gasteiger partial charge is 0.370 e. The highest BCUT2D eigenvalue weighted by molar-refractivity contribution is 5.49. The van der Waals surface area contributed by atoms with Crippen molar-refractivity contribution in [2.24, 2.45) is 5.41 Å². The molecule has 0 amide bonds. The molecular weight excluding hydrogens is 260 g/mol. The summed E-state index contributed by atoms with van der Waals surface area (Å²) >= 11 is 0. The Bertz CT molecular complexity index is 494. The van der Waals surface area contributed by atoms with Gasteiger partial charge in [0.2, 0.25) is 0 Å². The first-order valence-corrected chi connectivity index (χ1v) is 8.48. The summed E-state index contributed by atoms with van der Waals surface area (Å²) in [4.78, 5) is 9.43. The van der Waals surface area contributed by atoms with E-state index in [9.17, 15) is 0 Å². The van der Waals surface area contributed by atoms with Crippen LogP contribution in [0.2, 0.25) is 0 Å². The maximum absolute atomic E-state index is 4.78. The number of nitrogens with zero attached hydrogens (tertiary/aromatic N) is 2. The van der Waals surface area contributed by atoms with Gasteiger partial charge in [-0.05, 0) is 38.0 Å². The Morgan fingerprint density at radius 2 is 1.90 bits per heavy atom. The van der Waals surface area contributed by atoms with Gasteiger partial charge in [0.15, 0.2) is 0 Å². The Kier molecular flexibility index (Phi) is 4.05. The first-order valence-electron chi connectivity index (χ1n) is 8.48. The summed E-state index contributed by atoms with van der Waals surface area (Å²) < 4.78 is 0. The Hall–Kier alpha value is -1.32. The van der Waals surface area contributed by atoms with E-state index in [0.29, 0.717) is 17.4 Å². The fourth-order valence-corrected chi connectivity index (χ4v) is 3.28. The van der Waals surface area contributed by atoms with Crippen LogP contribution in [0.3, 0.4) is 0 Å². The molecule has 2 fully saturated rings. The SMILES string of the molecule is CCNc1cc(NC2CCCCC2(C)C)nc(C2CC2)n1. The Morgan fingerprint density at radius 3 is 2.57 bits per heavy atom. The van der Waals surface area contributed by atoms with Gasteiger partial charge in [-0.25, -0.2) is 9.97 Å². The van der Waals surface area contributed by atoms with Crippen LogP contribution >= 0.6 is 0 Å². The van der Waals surface area contributed by atoms with E-state index >= 15 is 0 Å². The number of aromatic nitrogens is 2. The number of hydrogen-bond donors (Lipinski definition) is 2. The molecule has 1 heterocycles. The van der Waals surface area contributed by atoms with Crippen LogP contribution in [0.25, 0.3) is 0 Å². The van der Waals surface area contributed by atoms with Gasteiger partial charge in [0.25, 0.3) is 0 Å². The standard InChI is InChI=1S/C17H28N4/c1-4-18-14-11-15(21-16(20-14)12-8-9-12)19-13-7-5-6-10-17(13,2)3/h11-13H,4-10H2,1-3H3,(H2,18,19,20,21). The molecule has 0 aromatic carbocycles. The first kappa shape index (κ1) is 14.6. The molecule has 0 radical (unpaired) electrons. The molecule has 1 aromatic heterocycles. The van der Waals surface area contributed by atoms with Crippen molar-refractivity contribution in [2.45, 2.75) is 71.3 Å². The molecule has 21 heavy (non-hydrogen) atoms. The molecule has 1 aromatic rings. The van der Waals surface area contributed by atoms with Crippen LogP contribution in [0.1, 0.15) is 71.0 Å². The molecule has 2 N–H and O–H groups in total. The molecule has 0 bridgehead atoms. The van der Waals surface area contributed by atoms with Gasteiger partial charge in [-0.1, -0.05) is 26.7 Å². The maximum atomic E-state index is 4.78. The second-order valence-corrected chi connectivity index (χ2v) is 7.23. The quantitative estimate of drug-likeness (QED) is 0.854. The third kappa shape index (κ3) is 3.47. The van der Waals surface area contributed by atoms with Crippen LogP contribution in [0.4, 0.5) is 11.6 Å². The molecule has 116 valence electrons. The molecule has 0 aliphatic heterocycles. The summed E-state index contributed by atoms with van der Waals surface area (Å²) in [5, 5.41) is 7.04. The average molecular weight is 288 g/mol. The van der Waals surface area contributed by atoms with Crippen LogP contribution in [0, 0.1) is 5.41 Å². The molecule has 1 unspecified atom stereocenters. The van der Waals surface area contributed by atoms with E-state index in [1.54, 1.807) is 0 Å². The van der Waals surface area contributed by atoms with Gasteiger partial charge >= 0.3 is 0 Å². The second-order valence-electron chi connectivity index (χ2n) is 7.23. The summed E-state index contributed by atoms with van der Waals surface area (Å²) in [6.07, 6.45) is 7.69. The van der Waals surface area contributed by atoms with Crippen molar-refractivity contribution in [3.8, 4) is 0 Å².